The first kappa shape index (κ1) is 13.5. The van der Waals surface area contributed by atoms with Crippen LogP contribution in [0.2, 0.25) is 0 Å². The van der Waals surface area contributed by atoms with Gasteiger partial charge in [-0.1, -0.05) is 19.3 Å². The lowest BCUT2D eigenvalue weighted by atomic mass is 9.90. The summed E-state index contributed by atoms with van der Waals surface area (Å²) in [6.45, 7) is 2.61. The van der Waals surface area contributed by atoms with Crippen molar-refractivity contribution in [3.63, 3.8) is 0 Å². The summed E-state index contributed by atoms with van der Waals surface area (Å²) in [5.41, 5.74) is 5.75. The predicted octanol–water partition coefficient (Wildman–Crippen LogP) is 1.05. The summed E-state index contributed by atoms with van der Waals surface area (Å²) >= 11 is 0. The van der Waals surface area contributed by atoms with Gasteiger partial charge in [0.1, 0.15) is 6.04 Å². The standard InChI is InChI=1S/C12H24N2O2/c1-9(11(13)12(15)14-2)16-8-10-6-4-3-5-7-10/h9-11H,3-8,13H2,1-2H3,(H,14,15)/t9-,11+/m1/s1. The molecular weight excluding hydrogens is 204 g/mol. The summed E-state index contributed by atoms with van der Waals surface area (Å²) in [5.74, 6) is 0.504. The molecule has 0 aromatic rings. The molecule has 4 heteroatoms. The Labute approximate surface area is 97.9 Å². The maximum Gasteiger partial charge on any atom is 0.239 e. The van der Waals surface area contributed by atoms with Gasteiger partial charge in [0.25, 0.3) is 0 Å². The van der Waals surface area contributed by atoms with Gasteiger partial charge in [0.15, 0.2) is 0 Å². The zero-order valence-electron chi connectivity index (χ0n) is 10.4. The van der Waals surface area contributed by atoms with Gasteiger partial charge in [-0.2, -0.15) is 0 Å². The molecule has 1 aliphatic carbocycles. The number of nitrogens with two attached hydrogens (primary N) is 1. The van der Waals surface area contributed by atoms with Crippen LogP contribution >= 0.6 is 0 Å². The number of carbonyl (C=O) groups is 1. The van der Waals surface area contributed by atoms with Crippen LogP contribution in [0.4, 0.5) is 0 Å². The summed E-state index contributed by atoms with van der Waals surface area (Å²) in [7, 11) is 1.59. The summed E-state index contributed by atoms with van der Waals surface area (Å²) < 4.78 is 5.68. The molecule has 3 N–H and O–H groups in total. The van der Waals surface area contributed by atoms with Gasteiger partial charge >= 0.3 is 0 Å². The number of nitrogens with one attached hydrogen (secondary N) is 1. The van der Waals surface area contributed by atoms with Crippen molar-refractivity contribution in [3.8, 4) is 0 Å². The average molecular weight is 228 g/mol. The molecule has 0 radical (unpaired) electrons. The molecule has 1 rings (SSSR count). The molecule has 1 aliphatic rings. The van der Waals surface area contributed by atoms with Gasteiger partial charge in [0, 0.05) is 13.7 Å². The van der Waals surface area contributed by atoms with Gasteiger partial charge in [0.05, 0.1) is 6.10 Å². The second-order valence-corrected chi connectivity index (χ2v) is 4.68. The van der Waals surface area contributed by atoms with Crippen molar-refractivity contribution in [1.29, 1.82) is 0 Å². The number of ether oxygens (including phenoxy) is 1. The van der Waals surface area contributed by atoms with Crippen molar-refractivity contribution in [3.05, 3.63) is 0 Å². The molecule has 16 heavy (non-hydrogen) atoms. The van der Waals surface area contributed by atoms with Gasteiger partial charge in [-0.15, -0.1) is 0 Å². The summed E-state index contributed by atoms with van der Waals surface area (Å²) in [5, 5.41) is 2.54. The smallest absolute Gasteiger partial charge is 0.239 e. The van der Waals surface area contributed by atoms with Gasteiger partial charge in [0.2, 0.25) is 5.91 Å². The molecule has 1 saturated carbocycles. The number of hydrogen-bond acceptors (Lipinski definition) is 3. The molecule has 4 nitrogen and oxygen atoms in total. The fourth-order valence-electron chi connectivity index (χ4n) is 2.13. The SMILES string of the molecule is CNC(=O)[C@@H](N)[C@@H](C)OCC1CCCCC1. The average Bonchev–Trinajstić information content (AvgIpc) is 2.35. The minimum Gasteiger partial charge on any atom is -0.376 e. The second kappa shape index (κ2) is 6.86. The van der Waals surface area contributed by atoms with Crippen molar-refractivity contribution < 1.29 is 9.53 Å². The number of likely N-dealkylation sites (N-methyl/N-ethyl adjacent to an activating group) is 1. The molecule has 0 aromatic heterocycles. The topological polar surface area (TPSA) is 64.4 Å². The van der Waals surface area contributed by atoms with Crippen LogP contribution < -0.4 is 11.1 Å². The van der Waals surface area contributed by atoms with E-state index in [1.165, 1.54) is 32.1 Å². The third kappa shape index (κ3) is 4.10. The lowest BCUT2D eigenvalue weighted by molar-refractivity contribution is -0.125. The van der Waals surface area contributed by atoms with E-state index in [1.807, 2.05) is 6.92 Å². The predicted molar refractivity (Wildman–Crippen MR) is 64.0 cm³/mol. The van der Waals surface area contributed by atoms with Gasteiger partial charge in [-0.05, 0) is 25.7 Å². The monoisotopic (exact) mass is 228 g/mol. The van der Waals surface area contributed by atoms with Crippen molar-refractivity contribution in [1.82, 2.24) is 5.32 Å². The number of rotatable bonds is 5. The zero-order valence-corrected chi connectivity index (χ0v) is 10.4. The Balaban J connectivity index is 2.22. The van der Waals surface area contributed by atoms with E-state index in [-0.39, 0.29) is 12.0 Å². The quantitative estimate of drug-likeness (QED) is 0.739. The largest absolute Gasteiger partial charge is 0.376 e. The summed E-state index contributed by atoms with van der Waals surface area (Å²) in [6, 6.07) is -0.561. The van der Waals surface area contributed by atoms with Crippen LogP contribution in [0.1, 0.15) is 39.0 Å². The first-order valence-electron chi connectivity index (χ1n) is 6.24. The molecule has 0 aromatic carbocycles. The Bertz CT molecular complexity index is 215. The van der Waals surface area contributed by atoms with Crippen molar-refractivity contribution in [2.24, 2.45) is 11.7 Å². The molecule has 0 saturated heterocycles. The second-order valence-electron chi connectivity index (χ2n) is 4.68. The van der Waals surface area contributed by atoms with Gasteiger partial charge in [-0.3, -0.25) is 4.79 Å². The summed E-state index contributed by atoms with van der Waals surface area (Å²) in [4.78, 5) is 11.3. The highest BCUT2D eigenvalue weighted by molar-refractivity contribution is 5.81. The number of amides is 1. The number of carbonyl (C=O) groups excluding carboxylic acids is 1. The minimum absolute atomic E-state index is 0.156. The third-order valence-electron chi connectivity index (χ3n) is 3.37. The Kier molecular flexibility index (Phi) is 5.77. The Morgan fingerprint density at radius 2 is 2.06 bits per heavy atom. The van der Waals surface area contributed by atoms with Gasteiger partial charge in [-0.25, -0.2) is 0 Å². The Morgan fingerprint density at radius 1 is 1.44 bits per heavy atom. The van der Waals surface area contributed by atoms with Gasteiger partial charge < -0.3 is 15.8 Å². The third-order valence-corrected chi connectivity index (χ3v) is 3.37. The van der Waals surface area contributed by atoms with Crippen LogP contribution in [-0.4, -0.2) is 31.7 Å². The van der Waals surface area contributed by atoms with E-state index in [0.717, 1.165) is 6.61 Å². The summed E-state index contributed by atoms with van der Waals surface area (Å²) in [6.07, 6.45) is 6.27. The van der Waals surface area contributed by atoms with Crippen LogP contribution in [0.5, 0.6) is 0 Å². The molecule has 0 heterocycles. The lowest BCUT2D eigenvalue weighted by Crippen LogP contribution is -2.47. The van der Waals surface area contributed by atoms with Crippen molar-refractivity contribution in [2.45, 2.75) is 51.2 Å². The van der Waals surface area contributed by atoms with E-state index >= 15 is 0 Å². The fraction of sp³-hybridized carbons (Fsp3) is 0.917. The first-order chi connectivity index (χ1) is 7.65. The highest BCUT2D eigenvalue weighted by atomic mass is 16.5. The zero-order chi connectivity index (χ0) is 12.0. The van der Waals surface area contributed by atoms with Crippen LogP contribution in [0, 0.1) is 5.92 Å². The molecule has 2 atom stereocenters. The Morgan fingerprint density at radius 3 is 2.62 bits per heavy atom. The molecule has 94 valence electrons. The van der Waals surface area contributed by atoms with E-state index in [2.05, 4.69) is 5.32 Å². The molecule has 0 aliphatic heterocycles. The van der Waals surface area contributed by atoms with Crippen molar-refractivity contribution in [2.75, 3.05) is 13.7 Å². The molecule has 1 fully saturated rings. The highest BCUT2D eigenvalue weighted by Gasteiger charge is 2.22. The van der Waals surface area contributed by atoms with E-state index in [0.29, 0.717) is 5.92 Å². The lowest BCUT2D eigenvalue weighted by Gasteiger charge is -2.25. The maximum atomic E-state index is 11.3. The highest BCUT2D eigenvalue weighted by Crippen LogP contribution is 2.24. The van der Waals surface area contributed by atoms with Crippen LogP contribution in [0.15, 0.2) is 0 Å². The van der Waals surface area contributed by atoms with E-state index in [1.54, 1.807) is 7.05 Å². The fourth-order valence-corrected chi connectivity index (χ4v) is 2.13. The molecule has 0 spiro atoms. The first-order valence-corrected chi connectivity index (χ1v) is 6.24. The van der Waals surface area contributed by atoms with Crippen LogP contribution in [0.25, 0.3) is 0 Å². The maximum absolute atomic E-state index is 11.3. The van der Waals surface area contributed by atoms with Crippen molar-refractivity contribution >= 4 is 5.91 Å². The molecule has 0 unspecified atom stereocenters. The minimum atomic E-state index is -0.561. The number of hydrogen-bond donors (Lipinski definition) is 2. The van der Waals surface area contributed by atoms with E-state index in [4.69, 9.17) is 10.5 Å². The normalized spacial score (nSPS) is 21.4. The molecule has 0 bridgehead atoms. The Hall–Kier alpha value is -0.610. The van der Waals surface area contributed by atoms with Crippen LogP contribution in [-0.2, 0) is 9.53 Å². The van der Waals surface area contributed by atoms with Crippen LogP contribution in [0.3, 0.4) is 0 Å². The van der Waals surface area contributed by atoms with E-state index in [9.17, 15) is 4.79 Å². The molecule has 1 amide bonds. The molecular formula is C12H24N2O2. The van der Waals surface area contributed by atoms with E-state index < -0.39 is 6.04 Å².